The Hall–Kier alpha value is -1.49. The predicted molar refractivity (Wildman–Crippen MR) is 62.3 cm³/mol. The maximum Gasteiger partial charge on any atom is 0.272 e. The quantitative estimate of drug-likeness (QED) is 0.615. The minimum Gasteiger partial charge on any atom is -0.393 e. The SMILES string of the molecule is CCCC(O)CCc1cc(F)ccc1[N+](=O)[O-]. The van der Waals surface area contributed by atoms with Crippen molar-refractivity contribution in [1.82, 2.24) is 0 Å². The molecular formula is C12H16FNO3. The molecule has 0 saturated carbocycles. The van der Waals surface area contributed by atoms with Crippen molar-refractivity contribution < 1.29 is 14.4 Å². The first-order valence-corrected chi connectivity index (χ1v) is 5.65. The number of hydrogen-bond donors (Lipinski definition) is 1. The standard InChI is InChI=1S/C12H16FNO3/c1-2-3-11(15)6-4-9-8-10(13)5-7-12(9)14(16)17/h5,7-8,11,15H,2-4,6H2,1H3. The Morgan fingerprint density at radius 2 is 2.18 bits per heavy atom. The number of nitro groups is 1. The molecular weight excluding hydrogens is 225 g/mol. The number of benzene rings is 1. The van der Waals surface area contributed by atoms with E-state index in [9.17, 15) is 19.6 Å². The molecule has 0 aliphatic rings. The molecule has 0 saturated heterocycles. The van der Waals surface area contributed by atoms with Crippen LogP contribution in [0.5, 0.6) is 0 Å². The second kappa shape index (κ2) is 6.30. The minimum atomic E-state index is -0.527. The van der Waals surface area contributed by atoms with E-state index in [0.29, 0.717) is 24.8 Å². The maximum atomic E-state index is 13.0. The van der Waals surface area contributed by atoms with Gasteiger partial charge in [0.2, 0.25) is 0 Å². The Bertz CT molecular complexity index is 395. The number of nitro benzene ring substituents is 1. The van der Waals surface area contributed by atoms with Crippen LogP contribution < -0.4 is 0 Å². The van der Waals surface area contributed by atoms with Gasteiger partial charge in [-0.1, -0.05) is 13.3 Å². The zero-order valence-electron chi connectivity index (χ0n) is 9.73. The van der Waals surface area contributed by atoms with Gasteiger partial charge in [0.05, 0.1) is 11.0 Å². The van der Waals surface area contributed by atoms with E-state index in [1.807, 2.05) is 6.92 Å². The van der Waals surface area contributed by atoms with E-state index in [2.05, 4.69) is 0 Å². The number of hydrogen-bond acceptors (Lipinski definition) is 3. The lowest BCUT2D eigenvalue weighted by Gasteiger charge is -2.09. The smallest absolute Gasteiger partial charge is 0.272 e. The highest BCUT2D eigenvalue weighted by molar-refractivity contribution is 5.40. The molecule has 0 spiro atoms. The fraction of sp³-hybridized carbons (Fsp3) is 0.500. The van der Waals surface area contributed by atoms with Gasteiger partial charge in [-0.15, -0.1) is 0 Å². The molecule has 4 nitrogen and oxygen atoms in total. The van der Waals surface area contributed by atoms with Crippen LogP contribution in [-0.2, 0) is 6.42 Å². The van der Waals surface area contributed by atoms with Crippen LogP contribution in [0.25, 0.3) is 0 Å². The van der Waals surface area contributed by atoms with Crippen molar-refractivity contribution in [3.05, 3.63) is 39.7 Å². The van der Waals surface area contributed by atoms with E-state index in [-0.39, 0.29) is 5.69 Å². The lowest BCUT2D eigenvalue weighted by Crippen LogP contribution is -2.08. The van der Waals surface area contributed by atoms with Gasteiger partial charge in [-0.25, -0.2) is 4.39 Å². The summed E-state index contributed by atoms with van der Waals surface area (Å²) in [6.45, 7) is 1.95. The number of aliphatic hydroxyl groups excluding tert-OH is 1. The van der Waals surface area contributed by atoms with Crippen LogP contribution >= 0.6 is 0 Å². The molecule has 0 amide bonds. The molecule has 0 radical (unpaired) electrons. The summed E-state index contributed by atoms with van der Waals surface area (Å²) < 4.78 is 13.0. The van der Waals surface area contributed by atoms with Crippen molar-refractivity contribution in [3.8, 4) is 0 Å². The Balaban J connectivity index is 2.75. The van der Waals surface area contributed by atoms with Crippen LogP contribution in [0.4, 0.5) is 10.1 Å². The van der Waals surface area contributed by atoms with Gasteiger partial charge < -0.3 is 5.11 Å². The molecule has 0 aliphatic heterocycles. The summed E-state index contributed by atoms with van der Waals surface area (Å²) in [5, 5.41) is 20.3. The van der Waals surface area contributed by atoms with Crippen LogP contribution in [0.3, 0.4) is 0 Å². The first-order chi connectivity index (χ1) is 8.04. The molecule has 1 aromatic rings. The van der Waals surface area contributed by atoms with Crippen molar-refractivity contribution in [2.45, 2.75) is 38.7 Å². The summed E-state index contributed by atoms with van der Waals surface area (Å²) >= 11 is 0. The number of aliphatic hydroxyl groups is 1. The van der Waals surface area contributed by atoms with Crippen LogP contribution in [0.15, 0.2) is 18.2 Å². The third-order valence-corrected chi connectivity index (χ3v) is 2.61. The summed E-state index contributed by atoms with van der Waals surface area (Å²) in [4.78, 5) is 10.2. The topological polar surface area (TPSA) is 63.4 Å². The van der Waals surface area contributed by atoms with Gasteiger partial charge in [0, 0.05) is 11.6 Å². The van der Waals surface area contributed by atoms with Gasteiger partial charge in [-0.05, 0) is 31.4 Å². The van der Waals surface area contributed by atoms with E-state index < -0.39 is 16.8 Å². The van der Waals surface area contributed by atoms with Gasteiger partial charge in [0.15, 0.2) is 0 Å². The molecule has 0 aliphatic carbocycles. The monoisotopic (exact) mass is 241 g/mol. The molecule has 1 N–H and O–H groups in total. The second-order valence-electron chi connectivity index (χ2n) is 4.01. The van der Waals surface area contributed by atoms with E-state index in [4.69, 9.17) is 0 Å². The summed E-state index contributed by atoms with van der Waals surface area (Å²) in [5.41, 5.74) is 0.250. The first-order valence-electron chi connectivity index (χ1n) is 5.65. The normalized spacial score (nSPS) is 12.4. The predicted octanol–water partition coefficient (Wildman–Crippen LogP) is 2.83. The highest BCUT2D eigenvalue weighted by atomic mass is 19.1. The lowest BCUT2D eigenvalue weighted by molar-refractivity contribution is -0.385. The largest absolute Gasteiger partial charge is 0.393 e. The van der Waals surface area contributed by atoms with Gasteiger partial charge in [-0.3, -0.25) is 10.1 Å². The molecule has 0 fully saturated rings. The van der Waals surface area contributed by atoms with E-state index >= 15 is 0 Å². The highest BCUT2D eigenvalue weighted by Gasteiger charge is 2.15. The summed E-state index contributed by atoms with van der Waals surface area (Å²) in [7, 11) is 0. The average molecular weight is 241 g/mol. The first kappa shape index (κ1) is 13.6. The number of aryl methyl sites for hydroxylation is 1. The molecule has 0 bridgehead atoms. The summed E-state index contributed by atoms with van der Waals surface area (Å²) in [5.74, 6) is -0.490. The second-order valence-corrected chi connectivity index (χ2v) is 4.01. The number of halogens is 1. The average Bonchev–Trinajstić information content (AvgIpc) is 2.26. The molecule has 0 aromatic heterocycles. The number of rotatable bonds is 6. The third-order valence-electron chi connectivity index (χ3n) is 2.61. The zero-order chi connectivity index (χ0) is 12.8. The Labute approximate surface area is 99.2 Å². The van der Waals surface area contributed by atoms with Gasteiger partial charge in [0.25, 0.3) is 5.69 Å². The van der Waals surface area contributed by atoms with Gasteiger partial charge >= 0.3 is 0 Å². The third kappa shape index (κ3) is 4.11. The Kier molecular flexibility index (Phi) is 5.03. The molecule has 5 heteroatoms. The summed E-state index contributed by atoms with van der Waals surface area (Å²) in [6, 6.07) is 3.40. The molecule has 94 valence electrons. The van der Waals surface area contributed by atoms with Crippen LogP contribution in [0.1, 0.15) is 31.7 Å². The van der Waals surface area contributed by atoms with Gasteiger partial charge in [-0.2, -0.15) is 0 Å². The molecule has 1 aromatic carbocycles. The van der Waals surface area contributed by atoms with Gasteiger partial charge in [0.1, 0.15) is 5.82 Å². The molecule has 1 unspecified atom stereocenters. The van der Waals surface area contributed by atoms with Crippen molar-refractivity contribution in [1.29, 1.82) is 0 Å². The fourth-order valence-corrected chi connectivity index (χ4v) is 1.73. The van der Waals surface area contributed by atoms with E-state index in [1.165, 1.54) is 0 Å². The van der Waals surface area contributed by atoms with Crippen molar-refractivity contribution >= 4 is 5.69 Å². The van der Waals surface area contributed by atoms with Crippen molar-refractivity contribution in [2.24, 2.45) is 0 Å². The van der Waals surface area contributed by atoms with E-state index in [0.717, 1.165) is 24.6 Å². The fourth-order valence-electron chi connectivity index (χ4n) is 1.73. The minimum absolute atomic E-state index is 0.0879. The molecule has 1 rings (SSSR count). The highest BCUT2D eigenvalue weighted by Crippen LogP contribution is 2.21. The Morgan fingerprint density at radius 3 is 2.76 bits per heavy atom. The van der Waals surface area contributed by atoms with E-state index in [1.54, 1.807) is 0 Å². The zero-order valence-corrected chi connectivity index (χ0v) is 9.73. The molecule has 0 heterocycles. The number of nitrogens with zero attached hydrogens (tertiary/aromatic N) is 1. The summed E-state index contributed by atoms with van der Waals surface area (Å²) in [6.07, 6.45) is 1.76. The van der Waals surface area contributed by atoms with Crippen molar-refractivity contribution in [2.75, 3.05) is 0 Å². The van der Waals surface area contributed by atoms with Crippen LogP contribution in [0, 0.1) is 15.9 Å². The van der Waals surface area contributed by atoms with Crippen LogP contribution in [0.2, 0.25) is 0 Å². The van der Waals surface area contributed by atoms with Crippen molar-refractivity contribution in [3.63, 3.8) is 0 Å². The molecule has 1 atom stereocenters. The lowest BCUT2D eigenvalue weighted by atomic mass is 10.0. The molecule has 17 heavy (non-hydrogen) atoms. The van der Waals surface area contributed by atoms with Crippen LogP contribution in [-0.4, -0.2) is 16.1 Å². The maximum absolute atomic E-state index is 13.0. The Morgan fingerprint density at radius 1 is 1.47 bits per heavy atom.